The Kier molecular flexibility index (Phi) is 8.06. The van der Waals surface area contributed by atoms with E-state index >= 15 is 0 Å². The van der Waals surface area contributed by atoms with Gasteiger partial charge in [0.2, 0.25) is 10.0 Å². The quantitative estimate of drug-likeness (QED) is 0.168. The first-order chi connectivity index (χ1) is 20.2. The number of nitrogens with one attached hydrogen (secondary N) is 2. The van der Waals surface area contributed by atoms with Gasteiger partial charge in [0.05, 0.1) is 22.4 Å². The predicted molar refractivity (Wildman–Crippen MR) is 147 cm³/mol. The Balaban J connectivity index is 1.51. The maximum atomic E-state index is 14.5. The number of hydrogen-bond acceptors (Lipinski definition) is 6. The largest absolute Gasteiger partial charge is 0.491 e. The van der Waals surface area contributed by atoms with Gasteiger partial charge in [0.1, 0.15) is 17.3 Å². The maximum Gasteiger partial charge on any atom is 0.491 e. The average Bonchev–Trinajstić information content (AvgIpc) is 3.71. The lowest BCUT2D eigenvalue weighted by atomic mass is 9.78. The summed E-state index contributed by atoms with van der Waals surface area (Å²) in [6.07, 6.45) is -2.31. The summed E-state index contributed by atoms with van der Waals surface area (Å²) in [5.41, 5.74) is -1.40. The fourth-order valence-electron chi connectivity index (χ4n) is 4.93. The fourth-order valence-corrected chi connectivity index (χ4v) is 6.06. The van der Waals surface area contributed by atoms with Gasteiger partial charge in [-0.25, -0.2) is 26.4 Å². The van der Waals surface area contributed by atoms with E-state index in [2.05, 4.69) is 15.1 Å². The van der Waals surface area contributed by atoms with E-state index in [9.17, 15) is 45.2 Å². The Morgan fingerprint density at radius 2 is 1.77 bits per heavy atom. The number of carbonyl (C=O) groups excluding carboxylic acids is 1. The summed E-state index contributed by atoms with van der Waals surface area (Å²) in [7, 11) is -5.38. The number of nitrogens with zero attached hydrogens (tertiary/aromatic N) is 2. The molecule has 9 nitrogen and oxygen atoms in total. The van der Waals surface area contributed by atoms with Crippen LogP contribution in [0.4, 0.5) is 22.0 Å². The Morgan fingerprint density at radius 3 is 2.35 bits per heavy atom. The summed E-state index contributed by atoms with van der Waals surface area (Å²) in [6.45, 7) is -0.922. The molecule has 2 aromatic heterocycles. The molecule has 2 aromatic carbocycles. The van der Waals surface area contributed by atoms with E-state index in [1.165, 1.54) is 42.0 Å². The summed E-state index contributed by atoms with van der Waals surface area (Å²) in [6, 6.07) is 8.48. The highest BCUT2D eigenvalue weighted by molar-refractivity contribution is 7.88. The normalized spacial score (nSPS) is 13.9. The summed E-state index contributed by atoms with van der Waals surface area (Å²) >= 11 is 0. The van der Waals surface area contributed by atoms with E-state index in [0.717, 1.165) is 25.0 Å². The zero-order valence-corrected chi connectivity index (χ0v) is 23.2. The van der Waals surface area contributed by atoms with E-state index in [0.29, 0.717) is 22.2 Å². The number of fused-ring (bicyclic) bond motifs is 1. The van der Waals surface area contributed by atoms with Gasteiger partial charge < -0.3 is 15.4 Å². The third-order valence-corrected chi connectivity index (χ3v) is 8.40. The molecule has 0 aliphatic heterocycles. The van der Waals surface area contributed by atoms with Crippen molar-refractivity contribution in [1.82, 2.24) is 19.7 Å². The molecule has 0 unspecified atom stereocenters. The van der Waals surface area contributed by atoms with Crippen molar-refractivity contribution in [2.75, 3.05) is 7.05 Å². The smallest absolute Gasteiger partial charge is 0.423 e. The molecular weight excluding hydrogens is 598 g/mol. The maximum absolute atomic E-state index is 14.5. The molecule has 1 saturated carbocycles. The van der Waals surface area contributed by atoms with E-state index in [1.54, 1.807) is 6.07 Å². The zero-order chi connectivity index (χ0) is 31.3. The SMILES string of the molecule is CNC(=O)c1c(-c2ccc(F)cc2)nn2cc(CS(=O)(=O)NCc3ccc(B(O)O)c(F)c3C(F)(F)F)c(C3CC3)cc12. The molecule has 4 N–H and O–H groups in total. The van der Waals surface area contributed by atoms with Crippen molar-refractivity contribution < 1.29 is 45.2 Å². The number of halogens is 5. The van der Waals surface area contributed by atoms with Crippen molar-refractivity contribution >= 4 is 34.0 Å². The molecule has 0 radical (unpaired) electrons. The first kappa shape index (κ1) is 30.6. The lowest BCUT2D eigenvalue weighted by Crippen LogP contribution is -2.36. The highest BCUT2D eigenvalue weighted by atomic mass is 32.2. The molecule has 0 atom stereocenters. The molecule has 4 aromatic rings. The Labute approximate surface area is 242 Å². The molecule has 0 saturated heterocycles. The second kappa shape index (κ2) is 11.3. The highest BCUT2D eigenvalue weighted by Gasteiger charge is 2.39. The van der Waals surface area contributed by atoms with Crippen LogP contribution in [0.15, 0.2) is 48.7 Å². The van der Waals surface area contributed by atoms with Gasteiger partial charge in [0.25, 0.3) is 5.91 Å². The molecule has 5 rings (SSSR count). The summed E-state index contributed by atoms with van der Waals surface area (Å²) in [5, 5.41) is 25.4. The zero-order valence-electron chi connectivity index (χ0n) is 22.4. The van der Waals surface area contributed by atoms with E-state index in [-0.39, 0.29) is 17.2 Å². The average molecular weight is 622 g/mol. The molecule has 1 amide bonds. The number of hydrogen-bond donors (Lipinski definition) is 4. The second-order valence-corrected chi connectivity index (χ2v) is 11.9. The van der Waals surface area contributed by atoms with Crippen molar-refractivity contribution in [2.45, 2.75) is 37.2 Å². The topological polar surface area (TPSA) is 133 Å². The van der Waals surface area contributed by atoms with Crippen LogP contribution in [0.25, 0.3) is 16.8 Å². The fraction of sp³-hybridized carbons (Fsp3) is 0.259. The van der Waals surface area contributed by atoms with E-state index < -0.39 is 69.7 Å². The standard InChI is InChI=1S/C27H24BF5N4O5S/c1-34-26(38)22-21-10-19(14-2-3-14)17(12-37(21)36-25(22)15-4-7-18(29)8-5-15)13-43(41,42)35-11-16-6-9-20(28(39)40)24(30)23(16)27(31,32)33/h4-10,12,14,35,39-40H,2-3,11,13H2,1H3,(H,34,38). The molecule has 0 bridgehead atoms. The van der Waals surface area contributed by atoms with Crippen LogP contribution >= 0.6 is 0 Å². The van der Waals surface area contributed by atoms with Crippen LogP contribution in [0.2, 0.25) is 0 Å². The van der Waals surface area contributed by atoms with Gasteiger partial charge in [0.15, 0.2) is 0 Å². The number of rotatable bonds is 9. The van der Waals surface area contributed by atoms with Gasteiger partial charge in [-0.1, -0.05) is 12.1 Å². The predicted octanol–water partition coefficient (Wildman–Crippen LogP) is 2.83. The van der Waals surface area contributed by atoms with Crippen molar-refractivity contribution in [1.29, 1.82) is 0 Å². The molecule has 2 heterocycles. The number of amides is 1. The molecule has 16 heteroatoms. The Morgan fingerprint density at radius 1 is 1.09 bits per heavy atom. The van der Waals surface area contributed by atoms with Gasteiger partial charge in [-0.3, -0.25) is 4.79 Å². The number of benzene rings is 2. The van der Waals surface area contributed by atoms with Crippen LogP contribution in [-0.4, -0.2) is 48.2 Å². The summed E-state index contributed by atoms with van der Waals surface area (Å²) in [4.78, 5) is 12.9. The monoisotopic (exact) mass is 622 g/mol. The van der Waals surface area contributed by atoms with Crippen LogP contribution in [0.3, 0.4) is 0 Å². The highest BCUT2D eigenvalue weighted by Crippen LogP contribution is 2.43. The molecular formula is C27H24BF5N4O5S. The first-order valence-corrected chi connectivity index (χ1v) is 14.6. The summed E-state index contributed by atoms with van der Waals surface area (Å²) in [5.74, 6) is -3.54. The minimum Gasteiger partial charge on any atom is -0.423 e. The lowest BCUT2D eigenvalue weighted by Gasteiger charge is -2.17. The first-order valence-electron chi connectivity index (χ1n) is 12.9. The van der Waals surface area contributed by atoms with Gasteiger partial charge in [-0.05, 0) is 65.8 Å². The van der Waals surface area contributed by atoms with E-state index in [1.807, 2.05) is 0 Å². The van der Waals surface area contributed by atoms with Gasteiger partial charge >= 0.3 is 13.3 Å². The van der Waals surface area contributed by atoms with Crippen molar-refractivity contribution in [2.24, 2.45) is 0 Å². The molecule has 0 spiro atoms. The number of alkyl halides is 3. The minimum atomic E-state index is -5.25. The lowest BCUT2D eigenvalue weighted by molar-refractivity contribution is -0.140. The van der Waals surface area contributed by atoms with Crippen LogP contribution < -0.4 is 15.5 Å². The third kappa shape index (κ3) is 6.27. The molecule has 1 fully saturated rings. The molecule has 1 aliphatic carbocycles. The Hall–Kier alpha value is -3.86. The number of sulfonamides is 1. The third-order valence-electron chi connectivity index (χ3n) is 7.13. The number of pyridine rings is 1. The van der Waals surface area contributed by atoms with Crippen LogP contribution in [-0.2, 0) is 28.5 Å². The van der Waals surface area contributed by atoms with Crippen molar-refractivity contribution in [3.05, 3.63) is 88.1 Å². The molecule has 226 valence electrons. The Bertz CT molecular complexity index is 1820. The van der Waals surface area contributed by atoms with Gasteiger partial charge in [-0.15, -0.1) is 0 Å². The molecule has 43 heavy (non-hydrogen) atoms. The minimum absolute atomic E-state index is 0.0136. The van der Waals surface area contributed by atoms with Crippen LogP contribution in [0, 0.1) is 11.6 Å². The van der Waals surface area contributed by atoms with Gasteiger partial charge in [-0.2, -0.15) is 18.3 Å². The van der Waals surface area contributed by atoms with Crippen LogP contribution in [0.1, 0.15) is 51.4 Å². The van der Waals surface area contributed by atoms with Crippen molar-refractivity contribution in [3.8, 4) is 11.3 Å². The number of carbonyl (C=O) groups is 1. The van der Waals surface area contributed by atoms with E-state index in [4.69, 9.17) is 0 Å². The summed E-state index contributed by atoms with van der Waals surface area (Å²) < 4.78 is 98.6. The second-order valence-electron chi connectivity index (χ2n) is 10.1. The number of aromatic nitrogens is 2. The van der Waals surface area contributed by atoms with Crippen molar-refractivity contribution in [3.63, 3.8) is 0 Å². The molecule has 1 aliphatic rings. The van der Waals surface area contributed by atoms with Crippen LogP contribution in [0.5, 0.6) is 0 Å². The van der Waals surface area contributed by atoms with Gasteiger partial charge in [0, 0.05) is 30.8 Å².